The zero-order valence-corrected chi connectivity index (χ0v) is 21.4. The number of guanidine groups is 1. The number of hydrogen-bond donors (Lipinski definition) is 2. The summed E-state index contributed by atoms with van der Waals surface area (Å²) in [6.45, 7) is 12.3. The lowest BCUT2D eigenvalue weighted by molar-refractivity contribution is 0.0186. The van der Waals surface area contributed by atoms with Gasteiger partial charge in [0.25, 0.3) is 0 Å². The molecule has 1 unspecified atom stereocenters. The molecule has 1 aliphatic heterocycles. The Kier molecular flexibility index (Phi) is 10.9. The SMILES string of the molecule is CCNC(=NCC(c1cccs1)N1CCOCC1)NCCc1nc(C)c(C)s1.I. The van der Waals surface area contributed by atoms with Crippen molar-refractivity contribution < 1.29 is 4.74 Å². The molecule has 1 aliphatic rings. The van der Waals surface area contributed by atoms with E-state index in [1.165, 1.54) is 14.8 Å². The Hall–Kier alpha value is -0.750. The topological polar surface area (TPSA) is 61.8 Å². The van der Waals surface area contributed by atoms with Gasteiger partial charge in [0, 0.05) is 42.4 Å². The van der Waals surface area contributed by atoms with Crippen molar-refractivity contribution in [2.75, 3.05) is 45.9 Å². The zero-order chi connectivity index (χ0) is 19.8. The monoisotopic (exact) mass is 549 g/mol. The predicted molar refractivity (Wildman–Crippen MR) is 134 cm³/mol. The van der Waals surface area contributed by atoms with Gasteiger partial charge in [-0.3, -0.25) is 9.89 Å². The van der Waals surface area contributed by atoms with Gasteiger partial charge in [0.1, 0.15) is 0 Å². The first kappa shape index (κ1) is 24.5. The van der Waals surface area contributed by atoms with E-state index in [4.69, 9.17) is 9.73 Å². The number of morpholine rings is 1. The quantitative estimate of drug-likeness (QED) is 0.300. The van der Waals surface area contributed by atoms with Crippen molar-refractivity contribution >= 4 is 52.6 Å². The molecule has 0 aliphatic carbocycles. The average Bonchev–Trinajstić information content (AvgIpc) is 3.33. The van der Waals surface area contributed by atoms with E-state index in [-0.39, 0.29) is 24.0 Å². The first-order valence-electron chi connectivity index (χ1n) is 9.97. The highest BCUT2D eigenvalue weighted by Crippen LogP contribution is 2.26. The molecule has 6 nitrogen and oxygen atoms in total. The van der Waals surface area contributed by atoms with Crippen molar-refractivity contribution in [1.29, 1.82) is 0 Å². The highest BCUT2D eigenvalue weighted by molar-refractivity contribution is 14.0. The number of aliphatic imine (C=N–C) groups is 1. The Balaban J connectivity index is 0.00000300. The fourth-order valence-electron chi connectivity index (χ4n) is 3.21. The summed E-state index contributed by atoms with van der Waals surface area (Å²) in [4.78, 5) is 14.7. The molecule has 0 amide bonds. The van der Waals surface area contributed by atoms with Crippen molar-refractivity contribution in [3.8, 4) is 0 Å². The van der Waals surface area contributed by atoms with Crippen LogP contribution in [0.2, 0.25) is 0 Å². The van der Waals surface area contributed by atoms with E-state index in [2.05, 4.69) is 58.8 Å². The van der Waals surface area contributed by atoms with Crippen LogP contribution in [0.3, 0.4) is 0 Å². The van der Waals surface area contributed by atoms with Crippen molar-refractivity contribution in [1.82, 2.24) is 20.5 Å². The predicted octanol–water partition coefficient (Wildman–Crippen LogP) is 3.61. The minimum Gasteiger partial charge on any atom is -0.379 e. The van der Waals surface area contributed by atoms with Crippen LogP contribution in [0, 0.1) is 13.8 Å². The molecule has 0 aromatic carbocycles. The number of aromatic nitrogens is 1. The van der Waals surface area contributed by atoms with E-state index in [0.29, 0.717) is 6.04 Å². The number of thiazole rings is 1. The Bertz CT molecular complexity index is 725. The van der Waals surface area contributed by atoms with Crippen LogP contribution in [0.4, 0.5) is 0 Å². The van der Waals surface area contributed by atoms with Gasteiger partial charge >= 0.3 is 0 Å². The number of nitrogens with zero attached hydrogens (tertiary/aromatic N) is 3. The molecule has 1 fully saturated rings. The fourth-order valence-corrected chi connectivity index (χ4v) is 4.99. The van der Waals surface area contributed by atoms with Crippen LogP contribution in [-0.2, 0) is 11.2 Å². The van der Waals surface area contributed by atoms with Crippen LogP contribution < -0.4 is 10.6 Å². The number of hydrogen-bond acceptors (Lipinski definition) is 6. The Morgan fingerprint density at radius 2 is 2.10 bits per heavy atom. The first-order chi connectivity index (χ1) is 13.7. The average molecular weight is 550 g/mol. The highest BCUT2D eigenvalue weighted by Gasteiger charge is 2.23. The van der Waals surface area contributed by atoms with Gasteiger partial charge in [-0.15, -0.1) is 46.7 Å². The second-order valence-corrected chi connectivity index (χ2v) is 9.09. The number of halogens is 1. The van der Waals surface area contributed by atoms with Gasteiger partial charge in [-0.2, -0.15) is 0 Å². The summed E-state index contributed by atoms with van der Waals surface area (Å²) in [6.07, 6.45) is 0.918. The molecule has 0 bridgehead atoms. The summed E-state index contributed by atoms with van der Waals surface area (Å²) in [7, 11) is 0. The van der Waals surface area contributed by atoms with Crippen molar-refractivity contribution in [3.05, 3.63) is 38.0 Å². The Morgan fingerprint density at radius 1 is 1.31 bits per heavy atom. The normalized spacial score (nSPS) is 16.3. The van der Waals surface area contributed by atoms with E-state index in [1.807, 2.05) is 11.3 Å². The summed E-state index contributed by atoms with van der Waals surface area (Å²) in [5.74, 6) is 0.877. The summed E-state index contributed by atoms with van der Waals surface area (Å²) in [6, 6.07) is 4.65. The molecule has 162 valence electrons. The number of nitrogens with one attached hydrogen (secondary N) is 2. The van der Waals surface area contributed by atoms with Crippen LogP contribution >= 0.6 is 46.7 Å². The summed E-state index contributed by atoms with van der Waals surface area (Å²) in [5.41, 5.74) is 1.14. The second kappa shape index (κ2) is 12.8. The standard InChI is InChI=1S/C20H31N5OS2.HI/c1-4-21-20(22-8-7-19-24-15(2)16(3)28-19)23-14-17(18-6-5-13-27-18)25-9-11-26-12-10-25;/h5-6,13,17H,4,7-12,14H2,1-3H3,(H2,21,22,23);1H. The maximum absolute atomic E-state index is 5.53. The lowest BCUT2D eigenvalue weighted by Gasteiger charge is -2.33. The van der Waals surface area contributed by atoms with E-state index in [1.54, 1.807) is 11.3 Å². The summed E-state index contributed by atoms with van der Waals surface area (Å²) < 4.78 is 5.53. The van der Waals surface area contributed by atoms with Crippen molar-refractivity contribution in [2.24, 2.45) is 4.99 Å². The Labute approximate surface area is 199 Å². The van der Waals surface area contributed by atoms with Gasteiger partial charge in [-0.25, -0.2) is 4.98 Å². The van der Waals surface area contributed by atoms with Crippen LogP contribution in [0.1, 0.15) is 33.4 Å². The largest absolute Gasteiger partial charge is 0.379 e. The highest BCUT2D eigenvalue weighted by atomic mass is 127. The molecule has 3 heterocycles. The van der Waals surface area contributed by atoms with E-state index in [9.17, 15) is 0 Å². The zero-order valence-electron chi connectivity index (χ0n) is 17.4. The molecule has 0 saturated carbocycles. The second-order valence-electron chi connectivity index (χ2n) is 6.83. The van der Waals surface area contributed by atoms with Crippen LogP contribution in [0.25, 0.3) is 0 Å². The van der Waals surface area contributed by atoms with Gasteiger partial charge in [0.05, 0.1) is 36.5 Å². The molecule has 29 heavy (non-hydrogen) atoms. The van der Waals surface area contributed by atoms with E-state index in [0.717, 1.165) is 64.0 Å². The summed E-state index contributed by atoms with van der Waals surface area (Å²) >= 11 is 3.60. The fraction of sp³-hybridized carbons (Fsp3) is 0.600. The Morgan fingerprint density at radius 3 is 2.72 bits per heavy atom. The first-order valence-corrected chi connectivity index (χ1v) is 11.7. The van der Waals surface area contributed by atoms with Gasteiger partial charge in [-0.05, 0) is 32.2 Å². The molecule has 2 N–H and O–H groups in total. The van der Waals surface area contributed by atoms with Gasteiger partial charge in [0.2, 0.25) is 0 Å². The third kappa shape index (κ3) is 7.46. The third-order valence-electron chi connectivity index (χ3n) is 4.83. The van der Waals surface area contributed by atoms with Gasteiger partial charge in [0.15, 0.2) is 5.96 Å². The third-order valence-corrected chi connectivity index (χ3v) is 6.93. The molecule has 2 aromatic heterocycles. The molecule has 3 rings (SSSR count). The van der Waals surface area contributed by atoms with Crippen molar-refractivity contribution in [3.63, 3.8) is 0 Å². The molecule has 0 radical (unpaired) electrons. The van der Waals surface area contributed by atoms with E-state index < -0.39 is 0 Å². The maximum Gasteiger partial charge on any atom is 0.191 e. The molecule has 0 spiro atoms. The molecule has 9 heteroatoms. The summed E-state index contributed by atoms with van der Waals surface area (Å²) in [5, 5.41) is 10.2. The minimum atomic E-state index is 0. The maximum atomic E-state index is 5.53. The molecular formula is C20H32IN5OS2. The van der Waals surface area contributed by atoms with Gasteiger partial charge in [-0.1, -0.05) is 6.07 Å². The molecule has 1 saturated heterocycles. The van der Waals surface area contributed by atoms with Crippen LogP contribution in [-0.4, -0.2) is 61.8 Å². The number of thiophene rings is 1. The lowest BCUT2D eigenvalue weighted by Crippen LogP contribution is -2.42. The molecular weight excluding hydrogens is 517 g/mol. The lowest BCUT2D eigenvalue weighted by atomic mass is 10.2. The van der Waals surface area contributed by atoms with E-state index >= 15 is 0 Å². The van der Waals surface area contributed by atoms with Crippen LogP contribution in [0.15, 0.2) is 22.5 Å². The molecule has 1 atom stereocenters. The smallest absolute Gasteiger partial charge is 0.191 e. The van der Waals surface area contributed by atoms with Gasteiger partial charge < -0.3 is 15.4 Å². The number of ether oxygens (including phenoxy) is 1. The van der Waals surface area contributed by atoms with Crippen molar-refractivity contribution in [2.45, 2.75) is 33.2 Å². The minimum absolute atomic E-state index is 0. The van der Waals surface area contributed by atoms with Crippen LogP contribution in [0.5, 0.6) is 0 Å². The number of rotatable bonds is 8. The molecule has 2 aromatic rings. The number of aryl methyl sites for hydroxylation is 2.